The second-order valence-corrected chi connectivity index (χ2v) is 10.9. The van der Waals surface area contributed by atoms with Crippen LogP contribution < -0.4 is 4.72 Å². The smallest absolute Gasteiger partial charge is 0.417 e. The number of nitrogens with zero attached hydrogens (tertiary/aromatic N) is 1. The molecule has 1 saturated heterocycles. The molecule has 1 N–H and O–H groups in total. The van der Waals surface area contributed by atoms with Gasteiger partial charge in [-0.15, -0.1) is 0 Å². The Bertz CT molecular complexity index is 1450. The number of carbonyl (C=O) groups is 2. The van der Waals surface area contributed by atoms with Gasteiger partial charge in [0.05, 0.1) is 23.7 Å². The molecule has 0 radical (unpaired) electrons. The standard InChI is InChI=1S/C28H27F3N2O6S/c29-28(30,31)24-12-6-7-13-25(24)40(36,37)32-26(34)23-11-5-4-10-22(23)16-21-17-33(14-15-38-18-21)27(35)39-19-20-8-2-1-3-9-20/h1-13,21H,14-19H2,(H,32,34)/t21-/m0/s1. The van der Waals surface area contributed by atoms with Gasteiger partial charge in [0.2, 0.25) is 0 Å². The third kappa shape index (κ3) is 7.39. The first-order chi connectivity index (χ1) is 19.0. The van der Waals surface area contributed by atoms with E-state index in [-0.39, 0.29) is 44.3 Å². The molecule has 3 aromatic rings. The van der Waals surface area contributed by atoms with Crippen LogP contribution in [0.5, 0.6) is 0 Å². The minimum Gasteiger partial charge on any atom is -0.445 e. The van der Waals surface area contributed by atoms with E-state index in [4.69, 9.17) is 9.47 Å². The molecule has 0 spiro atoms. The fourth-order valence-electron chi connectivity index (χ4n) is 4.38. The first kappa shape index (κ1) is 29.1. The molecule has 8 nitrogen and oxygen atoms in total. The number of nitrogens with one attached hydrogen (secondary N) is 1. The van der Waals surface area contributed by atoms with E-state index in [1.165, 1.54) is 17.0 Å². The number of hydrogen-bond donors (Lipinski definition) is 1. The van der Waals surface area contributed by atoms with Crippen molar-refractivity contribution in [1.29, 1.82) is 0 Å². The van der Waals surface area contributed by atoms with Gasteiger partial charge in [0, 0.05) is 24.6 Å². The number of ether oxygens (including phenoxy) is 2. The van der Waals surface area contributed by atoms with Crippen LogP contribution in [0.4, 0.5) is 18.0 Å². The number of benzene rings is 3. The van der Waals surface area contributed by atoms with Crippen molar-refractivity contribution in [3.8, 4) is 0 Å². The van der Waals surface area contributed by atoms with Crippen LogP contribution >= 0.6 is 0 Å². The molecule has 12 heteroatoms. The Morgan fingerprint density at radius 2 is 1.65 bits per heavy atom. The number of hydrogen-bond acceptors (Lipinski definition) is 6. The summed E-state index contributed by atoms with van der Waals surface area (Å²) in [7, 11) is -4.84. The molecule has 3 aromatic carbocycles. The number of amides is 2. The maximum Gasteiger partial charge on any atom is 0.417 e. The maximum absolute atomic E-state index is 13.4. The molecule has 1 aliphatic rings. The van der Waals surface area contributed by atoms with Crippen molar-refractivity contribution in [2.45, 2.75) is 24.1 Å². The molecule has 40 heavy (non-hydrogen) atoms. The Balaban J connectivity index is 1.46. The highest BCUT2D eigenvalue weighted by Crippen LogP contribution is 2.34. The Morgan fingerprint density at radius 1 is 0.975 bits per heavy atom. The SMILES string of the molecule is O=C(NS(=O)(=O)c1ccccc1C(F)(F)F)c1ccccc1C[C@@H]1COCCN(C(=O)OCc2ccccc2)C1. The summed E-state index contributed by atoms with van der Waals surface area (Å²) in [6, 6.07) is 19.0. The van der Waals surface area contributed by atoms with Gasteiger partial charge in [-0.25, -0.2) is 17.9 Å². The number of sulfonamides is 1. The summed E-state index contributed by atoms with van der Waals surface area (Å²) in [6.45, 7) is 1.24. The summed E-state index contributed by atoms with van der Waals surface area (Å²) < 4.78 is 78.6. The minimum absolute atomic E-state index is 0.0157. The number of halogens is 3. The van der Waals surface area contributed by atoms with Crippen LogP contribution in [0, 0.1) is 5.92 Å². The first-order valence-electron chi connectivity index (χ1n) is 12.4. The van der Waals surface area contributed by atoms with E-state index in [0.717, 1.165) is 23.8 Å². The summed E-state index contributed by atoms with van der Waals surface area (Å²) in [5.41, 5.74) is -0.102. The van der Waals surface area contributed by atoms with Gasteiger partial charge in [-0.2, -0.15) is 13.2 Å². The molecule has 0 bridgehead atoms. The Morgan fingerprint density at radius 3 is 2.40 bits per heavy atom. The summed E-state index contributed by atoms with van der Waals surface area (Å²) in [5, 5.41) is 0. The van der Waals surface area contributed by atoms with Gasteiger partial charge in [0.25, 0.3) is 15.9 Å². The van der Waals surface area contributed by atoms with E-state index < -0.39 is 38.7 Å². The van der Waals surface area contributed by atoms with Crippen LogP contribution in [0.1, 0.15) is 27.0 Å². The lowest BCUT2D eigenvalue weighted by molar-refractivity contribution is -0.139. The zero-order valence-corrected chi connectivity index (χ0v) is 22.1. The molecule has 1 aliphatic heterocycles. The van der Waals surface area contributed by atoms with Crippen LogP contribution in [-0.2, 0) is 38.7 Å². The minimum atomic E-state index is -4.93. The second kappa shape index (κ2) is 12.5. The van der Waals surface area contributed by atoms with Crippen LogP contribution in [0.2, 0.25) is 0 Å². The summed E-state index contributed by atoms with van der Waals surface area (Å²) in [6.07, 6.45) is -5.20. The number of alkyl halides is 3. The third-order valence-corrected chi connectivity index (χ3v) is 7.67. The van der Waals surface area contributed by atoms with Crippen LogP contribution in [0.15, 0.2) is 83.8 Å². The third-order valence-electron chi connectivity index (χ3n) is 6.28. The predicted octanol–water partition coefficient (Wildman–Crippen LogP) is 4.65. The van der Waals surface area contributed by atoms with Crippen molar-refractivity contribution < 1.29 is 40.7 Å². The van der Waals surface area contributed by atoms with Gasteiger partial charge in [-0.3, -0.25) is 4.79 Å². The van der Waals surface area contributed by atoms with Gasteiger partial charge >= 0.3 is 12.3 Å². The van der Waals surface area contributed by atoms with E-state index in [0.29, 0.717) is 18.2 Å². The molecule has 4 rings (SSSR count). The van der Waals surface area contributed by atoms with E-state index >= 15 is 0 Å². The van der Waals surface area contributed by atoms with Crippen LogP contribution in [0.25, 0.3) is 0 Å². The van der Waals surface area contributed by atoms with Crippen molar-refractivity contribution in [3.63, 3.8) is 0 Å². The average molecular weight is 577 g/mol. The molecule has 0 aromatic heterocycles. The average Bonchev–Trinajstić information content (AvgIpc) is 3.17. The fourth-order valence-corrected chi connectivity index (χ4v) is 5.57. The molecule has 0 aliphatic carbocycles. The van der Waals surface area contributed by atoms with Gasteiger partial charge < -0.3 is 14.4 Å². The van der Waals surface area contributed by atoms with Gasteiger partial charge in [-0.1, -0.05) is 60.7 Å². The van der Waals surface area contributed by atoms with Crippen LogP contribution in [0.3, 0.4) is 0 Å². The van der Waals surface area contributed by atoms with Crippen molar-refractivity contribution >= 4 is 22.0 Å². The number of rotatable bonds is 7. The zero-order chi connectivity index (χ0) is 28.8. The maximum atomic E-state index is 13.4. The van der Waals surface area contributed by atoms with E-state index in [9.17, 15) is 31.2 Å². The Hall–Kier alpha value is -3.90. The molecular weight excluding hydrogens is 549 g/mol. The van der Waals surface area contributed by atoms with E-state index in [2.05, 4.69) is 0 Å². The molecule has 1 fully saturated rings. The lowest BCUT2D eigenvalue weighted by Crippen LogP contribution is -2.37. The lowest BCUT2D eigenvalue weighted by atomic mass is 9.95. The van der Waals surface area contributed by atoms with E-state index in [1.54, 1.807) is 16.9 Å². The summed E-state index contributed by atoms with van der Waals surface area (Å²) in [5.74, 6) is -1.33. The van der Waals surface area contributed by atoms with Crippen molar-refractivity contribution in [1.82, 2.24) is 9.62 Å². The normalized spacial score (nSPS) is 16.2. The summed E-state index contributed by atoms with van der Waals surface area (Å²) in [4.78, 5) is 26.2. The largest absolute Gasteiger partial charge is 0.445 e. The van der Waals surface area contributed by atoms with Crippen molar-refractivity contribution in [2.75, 3.05) is 26.3 Å². The first-order valence-corrected chi connectivity index (χ1v) is 13.9. The predicted molar refractivity (Wildman–Crippen MR) is 139 cm³/mol. The quantitative estimate of drug-likeness (QED) is 0.440. The molecule has 212 valence electrons. The monoisotopic (exact) mass is 576 g/mol. The molecule has 1 heterocycles. The highest BCUT2D eigenvalue weighted by Gasteiger charge is 2.37. The highest BCUT2D eigenvalue weighted by atomic mass is 32.2. The lowest BCUT2D eigenvalue weighted by Gasteiger charge is -2.23. The van der Waals surface area contributed by atoms with Gasteiger partial charge in [0.15, 0.2) is 0 Å². The molecule has 0 unspecified atom stereocenters. The summed E-state index contributed by atoms with van der Waals surface area (Å²) >= 11 is 0. The van der Waals surface area contributed by atoms with E-state index in [1.807, 2.05) is 30.3 Å². The Labute approximate surface area is 229 Å². The second-order valence-electron chi connectivity index (χ2n) is 9.22. The topological polar surface area (TPSA) is 102 Å². The van der Waals surface area contributed by atoms with Crippen LogP contribution in [-0.4, -0.2) is 51.6 Å². The molecular formula is C28H27F3N2O6S. The highest BCUT2D eigenvalue weighted by molar-refractivity contribution is 7.90. The van der Waals surface area contributed by atoms with Crippen molar-refractivity contribution in [3.05, 3.63) is 101 Å². The fraction of sp³-hybridized carbons (Fsp3) is 0.286. The Kier molecular flexibility index (Phi) is 9.10. The van der Waals surface area contributed by atoms with Gasteiger partial charge in [-0.05, 0) is 35.7 Å². The zero-order valence-electron chi connectivity index (χ0n) is 21.3. The van der Waals surface area contributed by atoms with Gasteiger partial charge in [0.1, 0.15) is 6.61 Å². The number of carbonyl (C=O) groups excluding carboxylic acids is 2. The molecule has 2 amide bonds. The van der Waals surface area contributed by atoms with Crippen molar-refractivity contribution in [2.24, 2.45) is 5.92 Å². The molecule has 1 atom stereocenters. The molecule has 0 saturated carbocycles.